The molecule has 2 rings (SSSR count). The van der Waals surface area contributed by atoms with Gasteiger partial charge in [-0.15, -0.1) is 0 Å². The number of benzene rings is 1. The van der Waals surface area contributed by atoms with Crippen molar-refractivity contribution in [3.8, 4) is 0 Å². The van der Waals surface area contributed by atoms with Crippen LogP contribution in [0.4, 0.5) is 4.39 Å². The standard InChI is InChI=1S/C15H23FN2O/c1-3-17-14(15-11-18(2)8-9-19-15)10-12-4-6-13(16)7-5-12/h4-7,14-15,17H,3,8-11H2,1-2H3. The first-order valence-electron chi connectivity index (χ1n) is 6.97. The lowest BCUT2D eigenvalue weighted by Crippen LogP contribution is -2.52. The molecule has 2 unspecified atom stereocenters. The minimum atomic E-state index is -0.183. The fraction of sp³-hybridized carbons (Fsp3) is 0.600. The van der Waals surface area contributed by atoms with Gasteiger partial charge < -0.3 is 15.0 Å². The molecule has 19 heavy (non-hydrogen) atoms. The van der Waals surface area contributed by atoms with Gasteiger partial charge in [-0.2, -0.15) is 0 Å². The van der Waals surface area contributed by atoms with Crippen molar-refractivity contribution >= 4 is 0 Å². The van der Waals surface area contributed by atoms with Crippen molar-refractivity contribution in [1.29, 1.82) is 0 Å². The Kier molecular flexibility index (Phi) is 5.31. The number of likely N-dealkylation sites (N-methyl/N-ethyl adjacent to an activating group) is 2. The monoisotopic (exact) mass is 266 g/mol. The first-order valence-corrected chi connectivity index (χ1v) is 6.97. The molecule has 1 saturated heterocycles. The maximum atomic E-state index is 12.9. The Bertz CT molecular complexity index is 382. The second kappa shape index (κ2) is 6.98. The summed E-state index contributed by atoms with van der Waals surface area (Å²) < 4.78 is 18.8. The second-order valence-electron chi connectivity index (χ2n) is 5.17. The Morgan fingerprint density at radius 1 is 1.42 bits per heavy atom. The van der Waals surface area contributed by atoms with Crippen molar-refractivity contribution in [2.75, 3.05) is 33.3 Å². The van der Waals surface area contributed by atoms with Crippen LogP contribution in [0.1, 0.15) is 12.5 Å². The Morgan fingerprint density at radius 3 is 2.79 bits per heavy atom. The highest BCUT2D eigenvalue weighted by atomic mass is 19.1. The third-order valence-electron chi connectivity index (χ3n) is 3.58. The van der Waals surface area contributed by atoms with Gasteiger partial charge in [0, 0.05) is 19.1 Å². The van der Waals surface area contributed by atoms with Crippen LogP contribution < -0.4 is 5.32 Å². The van der Waals surface area contributed by atoms with E-state index in [2.05, 4.69) is 24.2 Å². The van der Waals surface area contributed by atoms with Gasteiger partial charge in [-0.1, -0.05) is 19.1 Å². The Hall–Kier alpha value is -0.970. The highest BCUT2D eigenvalue weighted by molar-refractivity contribution is 5.17. The lowest BCUT2D eigenvalue weighted by Gasteiger charge is -2.35. The van der Waals surface area contributed by atoms with Crippen LogP contribution in [0.3, 0.4) is 0 Å². The lowest BCUT2D eigenvalue weighted by molar-refractivity contribution is -0.0381. The molecule has 1 fully saturated rings. The van der Waals surface area contributed by atoms with Crippen LogP contribution in [0.5, 0.6) is 0 Å². The zero-order valence-electron chi connectivity index (χ0n) is 11.7. The summed E-state index contributed by atoms with van der Waals surface area (Å²) in [6.07, 6.45) is 1.07. The van der Waals surface area contributed by atoms with Crippen molar-refractivity contribution in [2.45, 2.75) is 25.5 Å². The lowest BCUT2D eigenvalue weighted by atomic mass is 10.00. The number of morpholine rings is 1. The number of hydrogen-bond acceptors (Lipinski definition) is 3. The van der Waals surface area contributed by atoms with E-state index in [4.69, 9.17) is 4.74 Å². The fourth-order valence-corrected chi connectivity index (χ4v) is 2.53. The van der Waals surface area contributed by atoms with Crippen molar-refractivity contribution in [3.05, 3.63) is 35.6 Å². The molecule has 1 heterocycles. The van der Waals surface area contributed by atoms with Crippen molar-refractivity contribution in [1.82, 2.24) is 10.2 Å². The number of rotatable bonds is 5. The van der Waals surface area contributed by atoms with Crippen LogP contribution in [0, 0.1) is 5.82 Å². The first kappa shape index (κ1) is 14.4. The van der Waals surface area contributed by atoms with Crippen LogP contribution in [-0.2, 0) is 11.2 Å². The topological polar surface area (TPSA) is 24.5 Å². The Balaban J connectivity index is 2.00. The smallest absolute Gasteiger partial charge is 0.123 e. The molecular formula is C15H23FN2O. The molecule has 1 aliphatic heterocycles. The average molecular weight is 266 g/mol. The number of ether oxygens (including phenoxy) is 1. The number of nitrogens with one attached hydrogen (secondary N) is 1. The molecule has 0 aromatic heterocycles. The van der Waals surface area contributed by atoms with E-state index in [-0.39, 0.29) is 18.0 Å². The maximum Gasteiger partial charge on any atom is 0.123 e. The first-order chi connectivity index (χ1) is 9.19. The molecule has 3 nitrogen and oxygen atoms in total. The SMILES string of the molecule is CCNC(Cc1ccc(F)cc1)C1CN(C)CCO1. The molecule has 1 aromatic rings. The summed E-state index contributed by atoms with van der Waals surface area (Å²) in [6.45, 7) is 5.73. The van der Waals surface area contributed by atoms with E-state index in [0.29, 0.717) is 0 Å². The Morgan fingerprint density at radius 2 is 2.16 bits per heavy atom. The zero-order chi connectivity index (χ0) is 13.7. The highest BCUT2D eigenvalue weighted by Gasteiger charge is 2.26. The molecule has 0 amide bonds. The molecule has 2 atom stereocenters. The summed E-state index contributed by atoms with van der Waals surface area (Å²) >= 11 is 0. The summed E-state index contributed by atoms with van der Waals surface area (Å²) in [5.74, 6) is -0.183. The normalized spacial score (nSPS) is 22.4. The van der Waals surface area contributed by atoms with Crippen LogP contribution >= 0.6 is 0 Å². The van der Waals surface area contributed by atoms with Gasteiger partial charge in [0.25, 0.3) is 0 Å². The molecule has 0 spiro atoms. The molecule has 0 aliphatic carbocycles. The summed E-state index contributed by atoms with van der Waals surface area (Å²) in [5, 5.41) is 3.49. The maximum absolute atomic E-state index is 12.9. The molecule has 0 radical (unpaired) electrons. The molecule has 1 N–H and O–H groups in total. The molecule has 1 aliphatic rings. The van der Waals surface area contributed by atoms with E-state index >= 15 is 0 Å². The van der Waals surface area contributed by atoms with Crippen molar-refractivity contribution < 1.29 is 9.13 Å². The largest absolute Gasteiger partial charge is 0.374 e. The number of nitrogens with zero attached hydrogens (tertiary/aromatic N) is 1. The van der Waals surface area contributed by atoms with E-state index in [0.717, 1.165) is 38.2 Å². The number of halogens is 1. The molecule has 1 aromatic carbocycles. The minimum Gasteiger partial charge on any atom is -0.374 e. The molecule has 0 bridgehead atoms. The van der Waals surface area contributed by atoms with Gasteiger partial charge in [0.15, 0.2) is 0 Å². The van der Waals surface area contributed by atoms with Crippen LogP contribution in [0.15, 0.2) is 24.3 Å². The average Bonchev–Trinajstić information content (AvgIpc) is 2.41. The molecule has 4 heteroatoms. The summed E-state index contributed by atoms with van der Waals surface area (Å²) in [5.41, 5.74) is 1.14. The molecular weight excluding hydrogens is 243 g/mol. The predicted octanol–water partition coefficient (Wildman–Crippen LogP) is 1.68. The van der Waals surface area contributed by atoms with Gasteiger partial charge in [-0.3, -0.25) is 0 Å². The van der Waals surface area contributed by atoms with Crippen molar-refractivity contribution in [2.24, 2.45) is 0 Å². The third kappa shape index (κ3) is 4.27. The van der Waals surface area contributed by atoms with E-state index in [1.807, 2.05) is 12.1 Å². The third-order valence-corrected chi connectivity index (χ3v) is 3.58. The quantitative estimate of drug-likeness (QED) is 0.877. The van der Waals surface area contributed by atoms with Gasteiger partial charge in [0.2, 0.25) is 0 Å². The van der Waals surface area contributed by atoms with E-state index in [1.54, 1.807) is 0 Å². The predicted molar refractivity (Wildman–Crippen MR) is 74.8 cm³/mol. The van der Waals surface area contributed by atoms with Crippen LogP contribution in [0.2, 0.25) is 0 Å². The van der Waals surface area contributed by atoms with Gasteiger partial charge in [-0.05, 0) is 37.7 Å². The van der Waals surface area contributed by atoms with Crippen molar-refractivity contribution in [3.63, 3.8) is 0 Å². The van der Waals surface area contributed by atoms with Crippen LogP contribution in [0.25, 0.3) is 0 Å². The molecule has 0 saturated carbocycles. The van der Waals surface area contributed by atoms with E-state index in [1.165, 1.54) is 12.1 Å². The van der Waals surface area contributed by atoms with Gasteiger partial charge >= 0.3 is 0 Å². The zero-order valence-corrected chi connectivity index (χ0v) is 11.7. The fourth-order valence-electron chi connectivity index (χ4n) is 2.53. The minimum absolute atomic E-state index is 0.183. The number of hydrogen-bond donors (Lipinski definition) is 1. The van der Waals surface area contributed by atoms with Crippen LogP contribution in [-0.4, -0.2) is 50.3 Å². The summed E-state index contributed by atoms with van der Waals surface area (Å²) in [6, 6.07) is 7.02. The summed E-state index contributed by atoms with van der Waals surface area (Å²) in [4.78, 5) is 2.29. The summed E-state index contributed by atoms with van der Waals surface area (Å²) in [7, 11) is 2.12. The second-order valence-corrected chi connectivity index (χ2v) is 5.17. The van der Waals surface area contributed by atoms with Gasteiger partial charge in [-0.25, -0.2) is 4.39 Å². The highest BCUT2D eigenvalue weighted by Crippen LogP contribution is 2.13. The Labute approximate surface area is 114 Å². The molecule has 106 valence electrons. The van der Waals surface area contributed by atoms with Gasteiger partial charge in [0.1, 0.15) is 5.82 Å². The van der Waals surface area contributed by atoms with Gasteiger partial charge in [0.05, 0.1) is 12.7 Å². The van der Waals surface area contributed by atoms with E-state index in [9.17, 15) is 4.39 Å². The van der Waals surface area contributed by atoms with E-state index < -0.39 is 0 Å².